The molecule has 0 aromatic rings. The average molecular weight is 286 g/mol. The van der Waals surface area contributed by atoms with E-state index in [0.29, 0.717) is 25.4 Å². The standard InChI is InChI=1S/C14H26N2O4/c1-10(2)16(3)9-5-4-8-15-13(17)11-6-7-12(20-11)14(18)19/h10-12H,4-9H2,1-3H3,(H,15,17)(H,18,19)/t11-,12+/m0/s1. The number of amides is 1. The fraction of sp³-hybridized carbons (Fsp3) is 0.857. The molecule has 0 radical (unpaired) electrons. The van der Waals surface area contributed by atoms with Gasteiger partial charge >= 0.3 is 5.97 Å². The maximum absolute atomic E-state index is 11.8. The Hall–Kier alpha value is -1.14. The molecule has 2 N–H and O–H groups in total. The molecule has 0 bridgehead atoms. The van der Waals surface area contributed by atoms with Gasteiger partial charge in [0, 0.05) is 12.6 Å². The van der Waals surface area contributed by atoms with Crippen LogP contribution in [0.4, 0.5) is 0 Å². The van der Waals surface area contributed by atoms with Crippen molar-refractivity contribution in [3.63, 3.8) is 0 Å². The van der Waals surface area contributed by atoms with Crippen LogP contribution in [0.3, 0.4) is 0 Å². The molecule has 1 rings (SSSR count). The number of ether oxygens (including phenoxy) is 1. The summed E-state index contributed by atoms with van der Waals surface area (Å²) in [6, 6.07) is 0.532. The van der Waals surface area contributed by atoms with Gasteiger partial charge in [0.25, 0.3) is 0 Å². The van der Waals surface area contributed by atoms with E-state index in [-0.39, 0.29) is 5.91 Å². The van der Waals surface area contributed by atoms with E-state index in [1.807, 2.05) is 0 Å². The van der Waals surface area contributed by atoms with Crippen LogP contribution in [0.25, 0.3) is 0 Å². The van der Waals surface area contributed by atoms with Gasteiger partial charge in [-0.3, -0.25) is 4.79 Å². The van der Waals surface area contributed by atoms with E-state index in [1.165, 1.54) is 0 Å². The van der Waals surface area contributed by atoms with Crippen molar-refractivity contribution in [1.82, 2.24) is 10.2 Å². The lowest BCUT2D eigenvalue weighted by atomic mass is 10.2. The Morgan fingerprint density at radius 1 is 1.30 bits per heavy atom. The van der Waals surface area contributed by atoms with Crippen LogP contribution in [0, 0.1) is 0 Å². The minimum atomic E-state index is -0.989. The van der Waals surface area contributed by atoms with Gasteiger partial charge in [-0.25, -0.2) is 4.79 Å². The molecule has 6 heteroatoms. The van der Waals surface area contributed by atoms with Crippen molar-refractivity contribution in [2.75, 3.05) is 20.1 Å². The lowest BCUT2D eigenvalue weighted by Gasteiger charge is -2.20. The van der Waals surface area contributed by atoms with E-state index in [4.69, 9.17) is 9.84 Å². The SMILES string of the molecule is CC(C)N(C)CCCCNC(=O)[C@@H]1CC[C@H](C(=O)O)O1. The van der Waals surface area contributed by atoms with Crippen LogP contribution in [0.5, 0.6) is 0 Å². The quantitative estimate of drug-likeness (QED) is 0.647. The molecule has 1 fully saturated rings. The van der Waals surface area contributed by atoms with Gasteiger partial charge in [-0.15, -0.1) is 0 Å². The maximum atomic E-state index is 11.8. The molecule has 1 heterocycles. The van der Waals surface area contributed by atoms with Crippen LogP contribution < -0.4 is 5.32 Å². The summed E-state index contributed by atoms with van der Waals surface area (Å²) in [4.78, 5) is 24.8. The topological polar surface area (TPSA) is 78.9 Å². The zero-order valence-electron chi connectivity index (χ0n) is 12.6. The highest BCUT2D eigenvalue weighted by molar-refractivity contribution is 5.82. The second-order valence-corrected chi connectivity index (χ2v) is 5.60. The van der Waals surface area contributed by atoms with Gasteiger partial charge in [-0.05, 0) is 53.1 Å². The summed E-state index contributed by atoms with van der Waals surface area (Å²) >= 11 is 0. The van der Waals surface area contributed by atoms with Crippen LogP contribution in [0.15, 0.2) is 0 Å². The fourth-order valence-corrected chi connectivity index (χ4v) is 2.08. The molecular formula is C14H26N2O4. The molecule has 20 heavy (non-hydrogen) atoms. The Labute approximate surface area is 120 Å². The van der Waals surface area contributed by atoms with Crippen molar-refractivity contribution in [3.05, 3.63) is 0 Å². The van der Waals surface area contributed by atoms with Crippen molar-refractivity contribution >= 4 is 11.9 Å². The summed E-state index contributed by atoms with van der Waals surface area (Å²) in [6.45, 7) is 5.92. The highest BCUT2D eigenvalue weighted by atomic mass is 16.5. The summed E-state index contributed by atoms with van der Waals surface area (Å²) in [5.74, 6) is -1.18. The number of carboxylic acids is 1. The first kappa shape index (κ1) is 16.9. The second kappa shape index (κ2) is 8.21. The Kier molecular flexibility index (Phi) is 6.95. The molecule has 1 aliphatic rings. The molecule has 0 aromatic heterocycles. The number of carboxylic acid groups (broad SMARTS) is 1. The zero-order chi connectivity index (χ0) is 15.1. The van der Waals surface area contributed by atoms with E-state index >= 15 is 0 Å². The van der Waals surface area contributed by atoms with Crippen LogP contribution in [-0.4, -0.2) is 60.3 Å². The van der Waals surface area contributed by atoms with Crippen molar-refractivity contribution < 1.29 is 19.4 Å². The second-order valence-electron chi connectivity index (χ2n) is 5.60. The predicted molar refractivity (Wildman–Crippen MR) is 75.5 cm³/mol. The first-order chi connectivity index (χ1) is 9.41. The van der Waals surface area contributed by atoms with E-state index in [1.54, 1.807) is 0 Å². The molecule has 2 atom stereocenters. The van der Waals surface area contributed by atoms with Gasteiger partial charge in [0.2, 0.25) is 5.91 Å². The third kappa shape index (κ3) is 5.46. The van der Waals surface area contributed by atoms with Crippen LogP contribution in [-0.2, 0) is 14.3 Å². The number of nitrogens with one attached hydrogen (secondary N) is 1. The minimum absolute atomic E-state index is 0.189. The molecule has 6 nitrogen and oxygen atoms in total. The largest absolute Gasteiger partial charge is 0.479 e. The van der Waals surface area contributed by atoms with Crippen LogP contribution in [0.1, 0.15) is 39.5 Å². The summed E-state index contributed by atoms with van der Waals surface area (Å²) in [7, 11) is 2.08. The van der Waals surface area contributed by atoms with Crippen molar-refractivity contribution in [3.8, 4) is 0 Å². The number of hydrogen-bond acceptors (Lipinski definition) is 4. The van der Waals surface area contributed by atoms with E-state index in [2.05, 4.69) is 31.1 Å². The Morgan fingerprint density at radius 3 is 2.50 bits per heavy atom. The van der Waals surface area contributed by atoms with Crippen LogP contribution >= 0.6 is 0 Å². The monoisotopic (exact) mass is 286 g/mol. The number of unbranched alkanes of at least 4 members (excludes halogenated alkanes) is 1. The van der Waals surface area contributed by atoms with Crippen molar-refractivity contribution in [2.24, 2.45) is 0 Å². The summed E-state index contributed by atoms with van der Waals surface area (Å²) in [5, 5.41) is 11.6. The number of carbonyl (C=O) groups is 2. The van der Waals surface area contributed by atoms with E-state index in [0.717, 1.165) is 19.4 Å². The van der Waals surface area contributed by atoms with Gasteiger partial charge in [0.15, 0.2) is 6.10 Å². The molecule has 0 aliphatic carbocycles. The summed E-state index contributed by atoms with van der Waals surface area (Å²) in [5.41, 5.74) is 0. The molecule has 0 unspecified atom stereocenters. The van der Waals surface area contributed by atoms with Crippen LogP contribution in [0.2, 0.25) is 0 Å². The van der Waals surface area contributed by atoms with Gasteiger partial charge < -0.3 is 20.1 Å². The smallest absolute Gasteiger partial charge is 0.332 e. The molecule has 116 valence electrons. The maximum Gasteiger partial charge on any atom is 0.332 e. The molecule has 0 saturated carbocycles. The van der Waals surface area contributed by atoms with Gasteiger partial charge in [-0.2, -0.15) is 0 Å². The van der Waals surface area contributed by atoms with E-state index < -0.39 is 18.2 Å². The first-order valence-electron chi connectivity index (χ1n) is 7.28. The number of carbonyl (C=O) groups excluding carboxylic acids is 1. The molecule has 0 aromatic carbocycles. The summed E-state index contributed by atoms with van der Waals surface area (Å²) < 4.78 is 5.19. The lowest BCUT2D eigenvalue weighted by molar-refractivity contribution is -0.151. The Morgan fingerprint density at radius 2 is 1.95 bits per heavy atom. The highest BCUT2D eigenvalue weighted by Crippen LogP contribution is 2.19. The van der Waals surface area contributed by atoms with Crippen molar-refractivity contribution in [1.29, 1.82) is 0 Å². The summed E-state index contributed by atoms with van der Waals surface area (Å²) in [6.07, 6.45) is 1.40. The van der Waals surface area contributed by atoms with Gasteiger partial charge in [-0.1, -0.05) is 0 Å². The highest BCUT2D eigenvalue weighted by Gasteiger charge is 2.34. The average Bonchev–Trinajstić information content (AvgIpc) is 2.87. The normalized spacial score (nSPS) is 22.4. The first-order valence-corrected chi connectivity index (χ1v) is 7.28. The number of rotatable bonds is 8. The van der Waals surface area contributed by atoms with Gasteiger partial charge in [0.1, 0.15) is 6.10 Å². The predicted octanol–water partition coefficient (Wildman–Crippen LogP) is 0.855. The minimum Gasteiger partial charge on any atom is -0.479 e. The van der Waals surface area contributed by atoms with E-state index in [9.17, 15) is 9.59 Å². The third-order valence-corrected chi connectivity index (χ3v) is 3.71. The number of aliphatic carboxylic acids is 1. The molecule has 1 amide bonds. The Bertz CT molecular complexity index is 333. The molecule has 1 aliphatic heterocycles. The molecule has 0 spiro atoms. The number of hydrogen-bond donors (Lipinski definition) is 2. The molecule has 1 saturated heterocycles. The zero-order valence-corrected chi connectivity index (χ0v) is 12.6. The van der Waals surface area contributed by atoms with Crippen molar-refractivity contribution in [2.45, 2.75) is 57.8 Å². The molecular weight excluding hydrogens is 260 g/mol. The van der Waals surface area contributed by atoms with Gasteiger partial charge in [0.05, 0.1) is 0 Å². The lowest BCUT2D eigenvalue weighted by Crippen LogP contribution is -2.36. The fourth-order valence-electron chi connectivity index (χ4n) is 2.08. The number of nitrogens with zero attached hydrogens (tertiary/aromatic N) is 1. The third-order valence-electron chi connectivity index (χ3n) is 3.71. The Balaban J connectivity index is 2.11.